The Balaban J connectivity index is 2.29. The molecule has 1 heterocycles. The molecule has 20 heavy (non-hydrogen) atoms. The van der Waals surface area contributed by atoms with E-state index < -0.39 is 0 Å². The predicted octanol–water partition coefficient (Wildman–Crippen LogP) is 3.63. The first-order valence-corrected chi connectivity index (χ1v) is 6.75. The first-order chi connectivity index (χ1) is 9.60. The Morgan fingerprint density at radius 1 is 1.30 bits per heavy atom. The SMILES string of the molecule is CC(C)Cn1nnc(C#N)c1/C=C/c1ccc(Cl)cc1. The molecule has 0 bridgehead atoms. The first-order valence-electron chi connectivity index (χ1n) is 6.37. The minimum absolute atomic E-state index is 0.343. The van der Waals surface area contributed by atoms with Crippen molar-refractivity contribution in [3.05, 3.63) is 46.2 Å². The van der Waals surface area contributed by atoms with Crippen molar-refractivity contribution in [2.45, 2.75) is 20.4 Å². The Morgan fingerprint density at radius 2 is 2.00 bits per heavy atom. The van der Waals surface area contributed by atoms with E-state index >= 15 is 0 Å². The van der Waals surface area contributed by atoms with E-state index in [0.717, 1.165) is 17.8 Å². The largest absolute Gasteiger partial charge is 0.244 e. The monoisotopic (exact) mass is 286 g/mol. The maximum Gasteiger partial charge on any atom is 0.190 e. The Labute approximate surface area is 123 Å². The van der Waals surface area contributed by atoms with E-state index in [9.17, 15) is 0 Å². The molecule has 0 aliphatic carbocycles. The van der Waals surface area contributed by atoms with Crippen molar-refractivity contribution in [3.8, 4) is 6.07 Å². The van der Waals surface area contributed by atoms with Crippen molar-refractivity contribution in [1.82, 2.24) is 15.0 Å². The number of benzene rings is 1. The average Bonchev–Trinajstić information content (AvgIpc) is 2.79. The third kappa shape index (κ3) is 3.46. The van der Waals surface area contributed by atoms with E-state index in [2.05, 4.69) is 30.2 Å². The predicted molar refractivity (Wildman–Crippen MR) is 80.0 cm³/mol. The van der Waals surface area contributed by atoms with Gasteiger partial charge in [-0.3, -0.25) is 0 Å². The minimum Gasteiger partial charge on any atom is -0.244 e. The second kappa shape index (κ2) is 6.36. The molecule has 0 aliphatic rings. The zero-order valence-corrected chi connectivity index (χ0v) is 12.2. The lowest BCUT2D eigenvalue weighted by atomic mass is 10.2. The van der Waals surface area contributed by atoms with Crippen molar-refractivity contribution in [3.63, 3.8) is 0 Å². The Morgan fingerprint density at radius 3 is 2.60 bits per heavy atom. The summed E-state index contributed by atoms with van der Waals surface area (Å²) in [5.74, 6) is 0.436. The summed E-state index contributed by atoms with van der Waals surface area (Å²) in [5, 5.41) is 17.7. The quantitative estimate of drug-likeness (QED) is 0.862. The van der Waals surface area contributed by atoms with Crippen LogP contribution in [0, 0.1) is 17.2 Å². The fourth-order valence-corrected chi connectivity index (χ4v) is 1.92. The van der Waals surface area contributed by atoms with E-state index in [1.807, 2.05) is 36.4 Å². The Kier molecular flexibility index (Phi) is 4.54. The molecule has 2 rings (SSSR count). The van der Waals surface area contributed by atoms with Gasteiger partial charge in [0.1, 0.15) is 6.07 Å². The number of rotatable bonds is 4. The molecule has 0 fully saturated rings. The van der Waals surface area contributed by atoms with Crippen LogP contribution in [0.15, 0.2) is 24.3 Å². The van der Waals surface area contributed by atoms with E-state index in [1.54, 1.807) is 4.68 Å². The van der Waals surface area contributed by atoms with Crippen molar-refractivity contribution in [2.75, 3.05) is 0 Å². The van der Waals surface area contributed by atoms with Gasteiger partial charge in [0.25, 0.3) is 0 Å². The summed E-state index contributed by atoms with van der Waals surface area (Å²) >= 11 is 5.85. The molecule has 4 nitrogen and oxygen atoms in total. The highest BCUT2D eigenvalue weighted by molar-refractivity contribution is 6.30. The van der Waals surface area contributed by atoms with Crippen LogP contribution in [0.25, 0.3) is 12.2 Å². The standard InChI is InChI=1S/C15H15ClN4/c1-11(2)10-20-15(14(9-17)18-19-20)8-5-12-3-6-13(16)7-4-12/h3-8,11H,10H2,1-2H3/b8-5+. The normalized spacial score (nSPS) is 11.2. The van der Waals surface area contributed by atoms with E-state index in [1.165, 1.54) is 0 Å². The molecule has 0 radical (unpaired) electrons. The van der Waals surface area contributed by atoms with Gasteiger partial charge in [0.2, 0.25) is 0 Å². The Bertz CT molecular complexity index is 648. The topological polar surface area (TPSA) is 54.5 Å². The number of aromatic nitrogens is 3. The van der Waals surface area contributed by atoms with Crippen molar-refractivity contribution in [1.29, 1.82) is 5.26 Å². The lowest BCUT2D eigenvalue weighted by Crippen LogP contribution is -2.08. The third-order valence-electron chi connectivity index (χ3n) is 2.72. The van der Waals surface area contributed by atoms with Crippen LogP contribution in [0.3, 0.4) is 0 Å². The van der Waals surface area contributed by atoms with Gasteiger partial charge in [-0.15, -0.1) is 5.10 Å². The van der Waals surface area contributed by atoms with Gasteiger partial charge in [-0.25, -0.2) is 4.68 Å². The number of halogens is 1. The molecule has 1 aromatic carbocycles. The van der Waals surface area contributed by atoms with Gasteiger partial charge < -0.3 is 0 Å². The van der Waals surface area contributed by atoms with Gasteiger partial charge in [0.05, 0.1) is 5.69 Å². The molecule has 0 N–H and O–H groups in total. The number of hydrogen-bond acceptors (Lipinski definition) is 3. The molecule has 1 aromatic heterocycles. The van der Waals surface area contributed by atoms with Gasteiger partial charge in [-0.1, -0.05) is 48.9 Å². The van der Waals surface area contributed by atoms with Gasteiger partial charge in [0.15, 0.2) is 5.69 Å². The summed E-state index contributed by atoms with van der Waals surface area (Å²) < 4.78 is 1.76. The van der Waals surface area contributed by atoms with Crippen LogP contribution >= 0.6 is 11.6 Å². The molecule has 5 heteroatoms. The summed E-state index contributed by atoms with van der Waals surface area (Å²) in [4.78, 5) is 0. The summed E-state index contributed by atoms with van der Waals surface area (Å²) in [7, 11) is 0. The third-order valence-corrected chi connectivity index (χ3v) is 2.97. The molecule has 0 amide bonds. The highest BCUT2D eigenvalue weighted by Gasteiger charge is 2.10. The maximum atomic E-state index is 9.08. The van der Waals surface area contributed by atoms with E-state index in [4.69, 9.17) is 16.9 Å². The molecular formula is C15H15ClN4. The lowest BCUT2D eigenvalue weighted by molar-refractivity contribution is 0.469. The fourth-order valence-electron chi connectivity index (χ4n) is 1.79. The van der Waals surface area contributed by atoms with Crippen LogP contribution in [0.5, 0.6) is 0 Å². The molecule has 102 valence electrons. The van der Waals surface area contributed by atoms with Crippen LogP contribution in [0.4, 0.5) is 0 Å². The first kappa shape index (κ1) is 14.3. The van der Waals surface area contributed by atoms with Crippen molar-refractivity contribution >= 4 is 23.8 Å². The summed E-state index contributed by atoms with van der Waals surface area (Å²) in [6.45, 7) is 4.93. The maximum absolute atomic E-state index is 9.08. The molecule has 0 aliphatic heterocycles. The molecule has 0 unspecified atom stereocenters. The van der Waals surface area contributed by atoms with Gasteiger partial charge >= 0.3 is 0 Å². The zero-order chi connectivity index (χ0) is 14.5. The van der Waals surface area contributed by atoms with E-state index in [-0.39, 0.29) is 0 Å². The smallest absolute Gasteiger partial charge is 0.190 e. The van der Waals surface area contributed by atoms with E-state index in [0.29, 0.717) is 16.6 Å². The second-order valence-electron chi connectivity index (χ2n) is 4.90. The van der Waals surface area contributed by atoms with Gasteiger partial charge in [-0.2, -0.15) is 5.26 Å². The lowest BCUT2D eigenvalue weighted by Gasteiger charge is -2.05. The summed E-state index contributed by atoms with van der Waals surface area (Å²) in [5.41, 5.74) is 2.09. The molecule has 0 saturated carbocycles. The zero-order valence-electron chi connectivity index (χ0n) is 11.4. The molecule has 0 atom stereocenters. The van der Waals surface area contributed by atoms with Gasteiger partial charge in [0, 0.05) is 11.6 Å². The van der Waals surface area contributed by atoms with Crippen LogP contribution in [-0.2, 0) is 6.54 Å². The summed E-state index contributed by atoms with van der Waals surface area (Å²) in [6, 6.07) is 9.56. The van der Waals surface area contributed by atoms with Crippen LogP contribution < -0.4 is 0 Å². The average molecular weight is 287 g/mol. The molecule has 0 spiro atoms. The van der Waals surface area contributed by atoms with Crippen molar-refractivity contribution in [2.24, 2.45) is 5.92 Å². The van der Waals surface area contributed by atoms with Crippen LogP contribution in [0.1, 0.15) is 30.8 Å². The highest BCUT2D eigenvalue weighted by Crippen LogP contribution is 2.14. The summed E-state index contributed by atoms with van der Waals surface area (Å²) in [6.07, 6.45) is 3.79. The minimum atomic E-state index is 0.343. The number of nitriles is 1. The van der Waals surface area contributed by atoms with Crippen LogP contribution in [-0.4, -0.2) is 15.0 Å². The molecule has 2 aromatic rings. The van der Waals surface area contributed by atoms with Crippen LogP contribution in [0.2, 0.25) is 5.02 Å². The number of hydrogen-bond donors (Lipinski definition) is 0. The van der Waals surface area contributed by atoms with Crippen molar-refractivity contribution < 1.29 is 0 Å². The highest BCUT2D eigenvalue weighted by atomic mass is 35.5. The number of nitrogens with zero attached hydrogens (tertiary/aromatic N) is 4. The Hall–Kier alpha value is -2.12. The molecular weight excluding hydrogens is 272 g/mol. The van der Waals surface area contributed by atoms with Gasteiger partial charge in [-0.05, 0) is 29.7 Å². The second-order valence-corrected chi connectivity index (χ2v) is 5.33. The fraction of sp³-hybridized carbons (Fsp3) is 0.267. The molecule has 0 saturated heterocycles.